The third-order valence-electron chi connectivity index (χ3n) is 6.22. The second kappa shape index (κ2) is 10.8. The smallest absolute Gasteiger partial charge is 0.264 e. The maximum atomic E-state index is 12.9. The molecule has 5 heterocycles. The average Bonchev–Trinajstić information content (AvgIpc) is 3.75. The second-order valence-electron chi connectivity index (χ2n) is 8.72. The largest absolute Gasteiger partial charge is 0.484 e. The third-order valence-corrected chi connectivity index (χ3v) is 8.37. The van der Waals surface area contributed by atoms with Gasteiger partial charge in [0.15, 0.2) is 18.5 Å². The Bertz CT molecular complexity index is 1590. The number of imidazole rings is 1. The van der Waals surface area contributed by atoms with Gasteiger partial charge in [0.25, 0.3) is 5.91 Å². The van der Waals surface area contributed by atoms with Crippen LogP contribution in [-0.2, 0) is 9.53 Å². The van der Waals surface area contributed by atoms with Crippen LogP contribution in [0.15, 0.2) is 66.3 Å². The van der Waals surface area contributed by atoms with Crippen molar-refractivity contribution in [2.24, 2.45) is 0 Å². The van der Waals surface area contributed by atoms with Gasteiger partial charge in [-0.15, -0.1) is 22.7 Å². The summed E-state index contributed by atoms with van der Waals surface area (Å²) in [4.78, 5) is 29.4. The molecule has 39 heavy (non-hydrogen) atoms. The van der Waals surface area contributed by atoms with Crippen LogP contribution < -0.4 is 10.1 Å². The lowest BCUT2D eigenvalue weighted by Crippen LogP contribution is -2.33. The summed E-state index contributed by atoms with van der Waals surface area (Å²) >= 11 is 3.17. The lowest BCUT2D eigenvalue weighted by Gasteiger charge is -2.19. The molecule has 6 rings (SSSR count). The van der Waals surface area contributed by atoms with E-state index in [4.69, 9.17) is 9.47 Å². The number of anilines is 1. The fraction of sp³-hybridized carbons (Fsp3) is 0.231. The number of rotatable bonds is 8. The van der Waals surface area contributed by atoms with Crippen molar-refractivity contribution in [2.75, 3.05) is 18.5 Å². The first kappa shape index (κ1) is 25.6. The lowest BCUT2D eigenvalue weighted by molar-refractivity contribution is -0.118. The molecule has 4 N–H and O–H groups in total. The first-order valence-electron chi connectivity index (χ1n) is 12.0. The van der Waals surface area contributed by atoms with Crippen molar-refractivity contribution in [1.29, 1.82) is 0 Å². The van der Waals surface area contributed by atoms with E-state index < -0.39 is 37.1 Å². The van der Waals surface area contributed by atoms with E-state index in [2.05, 4.69) is 20.3 Å². The molecule has 1 aromatic carbocycles. The highest BCUT2D eigenvalue weighted by molar-refractivity contribution is 7.23. The number of fused-ring (bicyclic) bond motifs is 1. The van der Waals surface area contributed by atoms with Gasteiger partial charge in [0.1, 0.15) is 41.6 Å². The zero-order chi connectivity index (χ0) is 26.9. The Morgan fingerprint density at radius 2 is 1.85 bits per heavy atom. The molecule has 0 saturated carbocycles. The molecule has 1 aliphatic rings. The van der Waals surface area contributed by atoms with E-state index >= 15 is 0 Å². The molecule has 0 aliphatic carbocycles. The van der Waals surface area contributed by atoms with Crippen molar-refractivity contribution in [3.63, 3.8) is 0 Å². The predicted molar refractivity (Wildman–Crippen MR) is 146 cm³/mol. The number of carbonyl (C=O) groups is 1. The van der Waals surface area contributed by atoms with Crippen LogP contribution in [0.3, 0.4) is 0 Å². The molecule has 0 unspecified atom stereocenters. The minimum Gasteiger partial charge on any atom is -0.484 e. The Kier molecular flexibility index (Phi) is 7.08. The van der Waals surface area contributed by atoms with Crippen LogP contribution >= 0.6 is 22.7 Å². The summed E-state index contributed by atoms with van der Waals surface area (Å²) in [7, 11) is 0. The summed E-state index contributed by atoms with van der Waals surface area (Å²) < 4.78 is 12.7. The molecule has 4 atom stereocenters. The Hall–Kier alpha value is -3.72. The second-order valence-corrected chi connectivity index (χ2v) is 10.8. The molecule has 4 aromatic heterocycles. The van der Waals surface area contributed by atoms with Crippen molar-refractivity contribution in [1.82, 2.24) is 19.5 Å². The number of nitrogens with one attached hydrogen (secondary N) is 1. The summed E-state index contributed by atoms with van der Waals surface area (Å²) in [6.07, 6.45) is -3.61. The van der Waals surface area contributed by atoms with Crippen LogP contribution in [0, 0.1) is 0 Å². The number of aliphatic hydroxyl groups is 3. The highest BCUT2D eigenvalue weighted by Crippen LogP contribution is 2.40. The first-order valence-corrected chi connectivity index (χ1v) is 13.7. The minimum atomic E-state index is -1.42. The van der Waals surface area contributed by atoms with Crippen LogP contribution in [0.25, 0.3) is 31.5 Å². The predicted octanol–water partition coefficient (Wildman–Crippen LogP) is 2.91. The summed E-state index contributed by atoms with van der Waals surface area (Å²) in [6.45, 7) is -0.800. The molecule has 1 aliphatic heterocycles. The van der Waals surface area contributed by atoms with Gasteiger partial charge in [-0.2, -0.15) is 0 Å². The highest BCUT2D eigenvalue weighted by Gasteiger charge is 2.45. The maximum absolute atomic E-state index is 12.9. The number of aliphatic hydroxyl groups excluding tert-OH is 3. The van der Waals surface area contributed by atoms with Crippen LogP contribution in [0.2, 0.25) is 0 Å². The topological polar surface area (TPSA) is 152 Å². The molecule has 0 spiro atoms. The number of para-hydroxylation sites is 1. The first-order chi connectivity index (χ1) is 19.0. The zero-order valence-corrected chi connectivity index (χ0v) is 21.9. The molecule has 11 nitrogen and oxygen atoms in total. The molecular formula is C26H23N5O6S2. The van der Waals surface area contributed by atoms with Crippen LogP contribution in [-0.4, -0.2) is 72.3 Å². The lowest BCUT2D eigenvalue weighted by atomic mass is 10.1. The number of benzene rings is 1. The number of carbonyl (C=O) groups excluding carboxylic acids is 1. The Morgan fingerprint density at radius 1 is 1.03 bits per heavy atom. The number of aromatic nitrogens is 4. The number of thiophene rings is 2. The van der Waals surface area contributed by atoms with Crippen molar-refractivity contribution in [3.05, 3.63) is 66.3 Å². The van der Waals surface area contributed by atoms with Crippen molar-refractivity contribution >= 4 is 45.7 Å². The van der Waals surface area contributed by atoms with Gasteiger partial charge >= 0.3 is 0 Å². The average molecular weight is 566 g/mol. The van der Waals surface area contributed by atoms with E-state index in [1.165, 1.54) is 10.9 Å². The van der Waals surface area contributed by atoms with Crippen LogP contribution in [0.5, 0.6) is 5.75 Å². The SMILES string of the molecule is O=C(COc1ccccc1)Nc1nc2c(-c3ccc(-c4cccs4)s3)ncnc2n1[C@@H]1O[C@H](CO)[C@@H](O)[C@H]1O. The molecule has 200 valence electrons. The van der Waals surface area contributed by atoms with E-state index in [1.54, 1.807) is 46.9 Å². The monoisotopic (exact) mass is 565 g/mol. The summed E-state index contributed by atoms with van der Waals surface area (Å²) in [5.74, 6) is 0.0445. The number of nitrogens with zero attached hydrogens (tertiary/aromatic N) is 4. The van der Waals surface area contributed by atoms with Gasteiger partial charge < -0.3 is 24.8 Å². The van der Waals surface area contributed by atoms with Gasteiger partial charge in [-0.05, 0) is 35.7 Å². The third kappa shape index (κ3) is 4.91. The molecule has 0 bridgehead atoms. The molecule has 5 aromatic rings. The fourth-order valence-corrected chi connectivity index (χ4v) is 6.19. The van der Waals surface area contributed by atoms with E-state index in [1.807, 2.05) is 35.7 Å². The zero-order valence-electron chi connectivity index (χ0n) is 20.2. The highest BCUT2D eigenvalue weighted by atomic mass is 32.1. The summed E-state index contributed by atoms with van der Waals surface area (Å²) in [6, 6.07) is 16.9. The van der Waals surface area contributed by atoms with Crippen molar-refractivity contribution in [2.45, 2.75) is 24.5 Å². The molecule has 13 heteroatoms. The van der Waals surface area contributed by atoms with Crippen molar-refractivity contribution in [3.8, 4) is 26.1 Å². The molecule has 1 fully saturated rings. The summed E-state index contributed by atoms with van der Waals surface area (Å²) in [5, 5.41) is 35.5. The van der Waals surface area contributed by atoms with Gasteiger partial charge in [0, 0.05) is 9.75 Å². The number of hydrogen-bond acceptors (Lipinski definition) is 11. The van der Waals surface area contributed by atoms with Gasteiger partial charge in [0.2, 0.25) is 5.95 Å². The number of ether oxygens (including phenoxy) is 2. The Labute approximate surface area is 230 Å². The Morgan fingerprint density at radius 3 is 2.59 bits per heavy atom. The van der Waals surface area contributed by atoms with Gasteiger partial charge in [-0.3, -0.25) is 14.7 Å². The molecule has 1 amide bonds. The van der Waals surface area contributed by atoms with Crippen molar-refractivity contribution < 1.29 is 29.6 Å². The number of hydrogen-bond donors (Lipinski definition) is 4. The maximum Gasteiger partial charge on any atom is 0.264 e. The van der Waals surface area contributed by atoms with Gasteiger partial charge in [-0.25, -0.2) is 15.0 Å². The quantitative estimate of drug-likeness (QED) is 0.223. The van der Waals surface area contributed by atoms with Crippen LogP contribution in [0.4, 0.5) is 5.95 Å². The number of amides is 1. The normalized spacial score (nSPS) is 20.9. The standard InChI is InChI=1S/C26H23N5O6S2/c32-11-15-22(34)23(35)25(37-15)31-24-21(30-26(31)29-19(33)12-36-14-5-2-1-3-6-14)20(27-13-28-24)18-9-8-17(39-18)16-7-4-10-38-16/h1-10,13,15,22-23,25,32,34-35H,11-12H2,(H,29,30,33)/t15-,22-,23-,25-/m1/s1. The molecule has 0 radical (unpaired) electrons. The van der Waals surface area contributed by atoms with Gasteiger partial charge in [0.05, 0.1) is 11.5 Å². The van der Waals surface area contributed by atoms with Crippen LogP contribution in [0.1, 0.15) is 6.23 Å². The summed E-state index contributed by atoms with van der Waals surface area (Å²) in [5.41, 5.74) is 1.18. The van der Waals surface area contributed by atoms with E-state index in [0.717, 1.165) is 14.6 Å². The van der Waals surface area contributed by atoms with E-state index in [-0.39, 0.29) is 18.2 Å². The minimum absolute atomic E-state index is 0.0262. The van der Waals surface area contributed by atoms with E-state index in [9.17, 15) is 20.1 Å². The fourth-order valence-electron chi connectivity index (χ4n) is 4.35. The molecule has 1 saturated heterocycles. The van der Waals surface area contributed by atoms with E-state index in [0.29, 0.717) is 17.0 Å². The molecular weight excluding hydrogens is 542 g/mol. The van der Waals surface area contributed by atoms with Gasteiger partial charge in [-0.1, -0.05) is 24.3 Å². The Balaban J connectivity index is 1.39.